The van der Waals surface area contributed by atoms with Crippen LogP contribution in [0.15, 0.2) is 93.8 Å². The van der Waals surface area contributed by atoms with Gasteiger partial charge in [-0.2, -0.15) is 0 Å². The Morgan fingerprint density at radius 1 is 0.589 bits per heavy atom. The largest absolute Gasteiger partial charge is 0.436 e. The van der Waals surface area contributed by atoms with Crippen LogP contribution in [-0.2, 0) is 5.54 Å². The van der Waals surface area contributed by atoms with Crippen LogP contribution in [0, 0.1) is 42.4 Å². The molecule has 8 nitrogen and oxygen atoms in total. The van der Waals surface area contributed by atoms with E-state index in [2.05, 4.69) is 57.1 Å². The molecule has 3 heterocycles. The first-order chi connectivity index (χ1) is 27.3. The molecule has 0 radical (unpaired) electrons. The average Bonchev–Trinajstić information content (AvgIpc) is 3.89. The molecule has 284 valence electrons. The number of para-hydroxylation sites is 4. The summed E-state index contributed by atoms with van der Waals surface area (Å²) < 4.78 is 14.5. The van der Waals surface area contributed by atoms with Crippen molar-refractivity contribution in [2.75, 3.05) is 11.1 Å². The summed E-state index contributed by atoms with van der Waals surface area (Å²) >= 11 is 0. The van der Waals surface area contributed by atoms with Gasteiger partial charge in [0, 0.05) is 22.2 Å². The van der Waals surface area contributed by atoms with Crippen molar-refractivity contribution < 1.29 is 8.83 Å². The molecule has 8 aliphatic carbocycles. The van der Waals surface area contributed by atoms with Crippen molar-refractivity contribution in [3.63, 3.8) is 0 Å². The minimum atomic E-state index is 0.266. The highest BCUT2D eigenvalue weighted by Crippen LogP contribution is 2.60. The maximum Gasteiger partial charge on any atom is 0.227 e. The minimum Gasteiger partial charge on any atom is -0.436 e. The van der Waals surface area contributed by atoms with Gasteiger partial charge < -0.3 is 24.5 Å². The zero-order valence-electron chi connectivity index (χ0n) is 32.2. The number of hydrogen-bond acceptors (Lipinski definition) is 7. The van der Waals surface area contributed by atoms with Crippen LogP contribution < -0.4 is 11.1 Å². The van der Waals surface area contributed by atoms with Crippen molar-refractivity contribution in [2.45, 2.75) is 95.1 Å². The molecule has 3 aromatic heterocycles. The van der Waals surface area contributed by atoms with Gasteiger partial charge in [-0.1, -0.05) is 24.3 Å². The molecule has 8 fully saturated rings. The number of nitrogens with zero attached hydrogens (tertiary/aromatic N) is 4. The summed E-state index contributed by atoms with van der Waals surface area (Å²) in [6.07, 6.45) is 16.7. The fourth-order valence-corrected chi connectivity index (χ4v) is 13.6. The highest BCUT2D eigenvalue weighted by Gasteiger charge is 2.53. The zero-order valence-corrected chi connectivity index (χ0v) is 32.2. The van der Waals surface area contributed by atoms with E-state index >= 15 is 0 Å². The molecule has 0 amide bonds. The van der Waals surface area contributed by atoms with Gasteiger partial charge in [-0.05, 0) is 180 Å². The smallest absolute Gasteiger partial charge is 0.227 e. The summed E-state index contributed by atoms with van der Waals surface area (Å²) in [5.74, 6) is 8.01. The maximum absolute atomic E-state index is 6.45. The number of imidazole rings is 1. The second-order valence-corrected chi connectivity index (χ2v) is 18.9. The Balaban J connectivity index is 0.000000124. The summed E-state index contributed by atoms with van der Waals surface area (Å²) in [5, 5.41) is 3.88. The van der Waals surface area contributed by atoms with E-state index in [1.165, 1.54) is 82.6 Å². The van der Waals surface area contributed by atoms with E-state index in [0.717, 1.165) is 91.5 Å². The molecule has 4 aromatic carbocycles. The van der Waals surface area contributed by atoms with Crippen LogP contribution in [0.5, 0.6) is 0 Å². The molecule has 8 heteroatoms. The summed E-state index contributed by atoms with van der Waals surface area (Å²) in [7, 11) is 0. The SMILES string of the molecule is Cc1nc2cc(-c3nc4ccccc4o3)ccc2n1C12CC3CC(CC(C3)C1)C2.Nc1cc(-c2nc3ccccc3o2)ccc1NC12CC3CC(CC(C3)C1)C2. The minimum absolute atomic E-state index is 0.266. The third kappa shape index (κ3) is 5.42. The number of nitrogens with two attached hydrogens (primary N) is 1. The first-order valence-electron chi connectivity index (χ1n) is 21.2. The standard InChI is InChI=1S/C25H25N3O.C23H25N3O/c1-15-26-21-11-19(24-27-20-4-2-3-5-23(20)29-24)6-7-22(21)28(15)25-12-16-8-17(13-25)10-18(9-16)14-25;24-18-10-17(22-25-20-3-1-2-4-21(20)27-22)5-6-19(18)26-23-11-14-7-15(12-23)9-16(8-14)13-23/h2-7,11,16-18H,8-10,12-14H2,1H3;1-6,10,14-16,26H,7-9,11-13,24H2. The zero-order chi connectivity index (χ0) is 37.2. The topological polar surface area (TPSA) is 108 Å². The Hall–Kier alpha value is -5.11. The molecule has 56 heavy (non-hydrogen) atoms. The third-order valence-corrected chi connectivity index (χ3v) is 14.9. The molecule has 8 aliphatic rings. The van der Waals surface area contributed by atoms with E-state index in [4.69, 9.17) is 19.6 Å². The van der Waals surface area contributed by atoms with Gasteiger partial charge in [0.25, 0.3) is 0 Å². The molecule has 15 rings (SSSR count). The molecule has 7 aromatic rings. The molecular weight excluding hydrogens is 693 g/mol. The second kappa shape index (κ2) is 12.2. The Bertz CT molecular complexity index is 2510. The van der Waals surface area contributed by atoms with Crippen LogP contribution in [0.25, 0.3) is 56.1 Å². The van der Waals surface area contributed by atoms with Crippen molar-refractivity contribution in [3.05, 3.63) is 90.8 Å². The van der Waals surface area contributed by atoms with Gasteiger partial charge in [-0.25, -0.2) is 15.0 Å². The lowest BCUT2D eigenvalue weighted by Crippen LogP contribution is -2.54. The summed E-state index contributed by atoms with van der Waals surface area (Å²) in [6, 6.07) is 28.5. The van der Waals surface area contributed by atoms with E-state index in [9.17, 15) is 0 Å². The molecule has 0 unspecified atom stereocenters. The van der Waals surface area contributed by atoms with Crippen LogP contribution >= 0.6 is 0 Å². The number of benzene rings is 4. The van der Waals surface area contributed by atoms with Crippen molar-refractivity contribution in [1.29, 1.82) is 0 Å². The lowest BCUT2D eigenvalue weighted by Gasteiger charge is -2.57. The second-order valence-electron chi connectivity index (χ2n) is 18.9. The normalized spacial score (nSPS) is 31.0. The molecule has 0 aliphatic heterocycles. The summed E-state index contributed by atoms with van der Waals surface area (Å²) in [5.41, 5.74) is 16.6. The van der Waals surface area contributed by atoms with Gasteiger partial charge in [0.2, 0.25) is 11.8 Å². The Labute approximate surface area is 327 Å². The Morgan fingerprint density at radius 2 is 1.09 bits per heavy atom. The molecular formula is C48H50N6O2. The van der Waals surface area contributed by atoms with Gasteiger partial charge in [-0.15, -0.1) is 0 Å². The lowest BCUT2D eigenvalue weighted by atomic mass is 9.53. The number of aromatic nitrogens is 4. The highest BCUT2D eigenvalue weighted by atomic mass is 16.4. The van der Waals surface area contributed by atoms with Gasteiger partial charge in [-0.3, -0.25) is 0 Å². The van der Waals surface area contributed by atoms with Gasteiger partial charge in [0.15, 0.2) is 11.2 Å². The van der Waals surface area contributed by atoms with Crippen molar-refractivity contribution in [1.82, 2.24) is 19.5 Å². The number of hydrogen-bond donors (Lipinski definition) is 2. The Kier molecular flexibility index (Phi) is 7.20. The molecule has 8 bridgehead atoms. The monoisotopic (exact) mass is 742 g/mol. The van der Waals surface area contributed by atoms with Crippen LogP contribution in [0.1, 0.15) is 82.9 Å². The first-order valence-corrected chi connectivity index (χ1v) is 21.2. The maximum atomic E-state index is 6.45. The fraction of sp³-hybridized carbons (Fsp3) is 0.438. The quantitative estimate of drug-likeness (QED) is 0.169. The van der Waals surface area contributed by atoms with Crippen molar-refractivity contribution in [2.24, 2.45) is 35.5 Å². The van der Waals surface area contributed by atoms with Gasteiger partial charge >= 0.3 is 0 Å². The van der Waals surface area contributed by atoms with Crippen LogP contribution in [0.2, 0.25) is 0 Å². The molecule has 0 saturated heterocycles. The fourth-order valence-electron chi connectivity index (χ4n) is 13.6. The first kappa shape index (κ1) is 33.1. The summed E-state index contributed by atoms with van der Waals surface area (Å²) in [6.45, 7) is 2.19. The highest BCUT2D eigenvalue weighted by molar-refractivity contribution is 5.83. The number of oxazole rings is 2. The predicted molar refractivity (Wildman–Crippen MR) is 222 cm³/mol. The number of anilines is 2. The van der Waals surface area contributed by atoms with Crippen LogP contribution in [-0.4, -0.2) is 25.1 Å². The average molecular weight is 743 g/mol. The molecule has 8 saturated carbocycles. The van der Waals surface area contributed by atoms with Crippen molar-refractivity contribution >= 4 is 44.6 Å². The van der Waals surface area contributed by atoms with Crippen LogP contribution in [0.4, 0.5) is 11.4 Å². The van der Waals surface area contributed by atoms with Crippen LogP contribution in [0.3, 0.4) is 0 Å². The van der Waals surface area contributed by atoms with E-state index in [1.807, 2.05) is 54.6 Å². The lowest BCUT2D eigenvalue weighted by molar-refractivity contribution is -0.0419. The van der Waals surface area contributed by atoms with E-state index in [-0.39, 0.29) is 5.54 Å². The van der Waals surface area contributed by atoms with E-state index < -0.39 is 0 Å². The Morgan fingerprint density at radius 3 is 1.62 bits per heavy atom. The van der Waals surface area contributed by atoms with Gasteiger partial charge in [0.1, 0.15) is 16.9 Å². The van der Waals surface area contributed by atoms with Crippen molar-refractivity contribution in [3.8, 4) is 22.9 Å². The number of aryl methyl sites for hydroxylation is 1. The molecule has 0 spiro atoms. The molecule has 0 atom stereocenters. The van der Waals surface area contributed by atoms with Gasteiger partial charge in [0.05, 0.1) is 22.4 Å². The third-order valence-electron chi connectivity index (χ3n) is 14.9. The number of nitrogens with one attached hydrogen (secondary N) is 1. The number of nitrogen functional groups attached to an aromatic ring is 1. The number of rotatable bonds is 5. The summed E-state index contributed by atoms with van der Waals surface area (Å²) in [4.78, 5) is 14.3. The molecule has 3 N–H and O–H groups in total. The van der Waals surface area contributed by atoms with E-state index in [1.54, 1.807) is 0 Å². The predicted octanol–water partition coefficient (Wildman–Crippen LogP) is 11.5. The number of fused-ring (bicyclic) bond motifs is 3. The van der Waals surface area contributed by atoms with E-state index in [0.29, 0.717) is 17.3 Å².